The molecule has 0 saturated carbocycles. The first kappa shape index (κ1) is 46.2. The summed E-state index contributed by atoms with van der Waals surface area (Å²) in [5.74, 6) is 3.16. The molecule has 0 radical (unpaired) electrons. The number of anilines is 3. The predicted octanol–water partition coefficient (Wildman–Crippen LogP) is 9.90. The third kappa shape index (κ3) is 11.5. The van der Waals surface area contributed by atoms with E-state index in [0.29, 0.717) is 73.5 Å². The third-order valence-electron chi connectivity index (χ3n) is 14.4. The van der Waals surface area contributed by atoms with Gasteiger partial charge in [-0.15, -0.1) is 11.3 Å². The van der Waals surface area contributed by atoms with Gasteiger partial charge in [-0.25, -0.2) is 19.6 Å². The van der Waals surface area contributed by atoms with Gasteiger partial charge in [0.25, 0.3) is 5.91 Å². The van der Waals surface area contributed by atoms with Crippen molar-refractivity contribution in [2.45, 2.75) is 105 Å². The zero-order valence-electron chi connectivity index (χ0n) is 38.2. The lowest BCUT2D eigenvalue weighted by atomic mass is 9.71. The number of carbonyl (C=O) groups excluding carboxylic acids is 1. The molecule has 4 unspecified atom stereocenters. The number of likely N-dealkylation sites (tertiary alicyclic amines) is 2. The number of hydrogen-bond acceptors (Lipinski definition) is 9. The first-order valence-electron chi connectivity index (χ1n) is 23.1. The van der Waals surface area contributed by atoms with Gasteiger partial charge in [-0.2, -0.15) is 0 Å². The molecule has 5 aliphatic heterocycles. The molecule has 5 aliphatic rings. The number of aromatic nitrogens is 1. The summed E-state index contributed by atoms with van der Waals surface area (Å²) in [6, 6.07) is 17.7. The van der Waals surface area contributed by atoms with Crippen molar-refractivity contribution in [2.75, 3.05) is 67.5 Å². The second-order valence-electron chi connectivity index (χ2n) is 20.4. The molecule has 3 aromatic rings. The Morgan fingerprint density at radius 1 is 0.667 bits per heavy atom. The van der Waals surface area contributed by atoms with E-state index in [-0.39, 0.29) is 16.7 Å². The highest BCUT2D eigenvalue weighted by Crippen LogP contribution is 2.44. The number of hydrogen-bond donors (Lipinski definition) is 3. The number of piperidine rings is 4. The molecule has 14 heteroatoms. The lowest BCUT2D eigenvalue weighted by molar-refractivity contribution is 0.0953. The van der Waals surface area contributed by atoms with Crippen molar-refractivity contribution >= 4 is 52.4 Å². The van der Waals surface area contributed by atoms with Crippen LogP contribution in [-0.4, -0.2) is 113 Å². The molecular formula is C49H69N7O6S. The van der Waals surface area contributed by atoms with Crippen LogP contribution in [-0.2, 0) is 4.74 Å². The van der Waals surface area contributed by atoms with Crippen LogP contribution in [0.5, 0.6) is 0 Å². The molecule has 4 saturated heterocycles. The molecular weight excluding hydrogens is 815 g/mol. The minimum atomic E-state index is -0.790. The van der Waals surface area contributed by atoms with Gasteiger partial charge in [0.1, 0.15) is 6.61 Å². The number of benzene rings is 2. The van der Waals surface area contributed by atoms with Crippen LogP contribution in [0.25, 0.3) is 0 Å². The van der Waals surface area contributed by atoms with Gasteiger partial charge in [0.2, 0.25) is 5.90 Å². The molecule has 0 bridgehead atoms. The maximum atomic E-state index is 12.3. The monoisotopic (exact) mass is 884 g/mol. The molecule has 0 spiro atoms. The molecule has 6 heterocycles. The van der Waals surface area contributed by atoms with Gasteiger partial charge in [-0.05, 0) is 134 Å². The van der Waals surface area contributed by atoms with Crippen LogP contribution in [0.1, 0.15) is 108 Å². The molecule has 0 aliphatic carbocycles. The van der Waals surface area contributed by atoms with E-state index < -0.39 is 12.2 Å². The number of ether oxygens (including phenoxy) is 1. The summed E-state index contributed by atoms with van der Waals surface area (Å²) in [5, 5.41) is 23.7. The fourth-order valence-corrected chi connectivity index (χ4v) is 11.3. The van der Waals surface area contributed by atoms with Gasteiger partial charge >= 0.3 is 12.2 Å². The van der Waals surface area contributed by atoms with Crippen LogP contribution in [0.3, 0.4) is 0 Å². The van der Waals surface area contributed by atoms with E-state index in [4.69, 9.17) is 4.74 Å². The van der Waals surface area contributed by atoms with E-state index in [2.05, 4.69) is 103 Å². The molecule has 13 nitrogen and oxygen atoms in total. The van der Waals surface area contributed by atoms with Crippen LogP contribution >= 0.6 is 11.3 Å². The van der Waals surface area contributed by atoms with Crippen molar-refractivity contribution in [3.63, 3.8) is 0 Å². The van der Waals surface area contributed by atoms with Gasteiger partial charge in [0, 0.05) is 85.6 Å². The first-order chi connectivity index (χ1) is 30.0. The van der Waals surface area contributed by atoms with E-state index in [9.17, 15) is 24.6 Å². The van der Waals surface area contributed by atoms with Crippen LogP contribution in [0.2, 0.25) is 0 Å². The summed E-state index contributed by atoms with van der Waals surface area (Å²) >= 11 is 1.33. The Morgan fingerprint density at radius 2 is 1.13 bits per heavy atom. The second-order valence-corrected chi connectivity index (χ2v) is 21.2. The van der Waals surface area contributed by atoms with Crippen molar-refractivity contribution in [2.24, 2.45) is 39.5 Å². The maximum Gasteiger partial charge on any atom is 0.407 e. The summed E-state index contributed by atoms with van der Waals surface area (Å²) in [7, 11) is 0. The van der Waals surface area contributed by atoms with E-state index in [1.807, 2.05) is 12.1 Å². The minimum absolute atomic E-state index is 0.123. The zero-order chi connectivity index (χ0) is 44.9. The van der Waals surface area contributed by atoms with E-state index in [0.717, 1.165) is 75.3 Å². The van der Waals surface area contributed by atoms with E-state index >= 15 is 0 Å². The van der Waals surface area contributed by atoms with Crippen LogP contribution in [0, 0.1) is 34.5 Å². The number of rotatable bonds is 7. The quantitative estimate of drug-likeness (QED) is 0.211. The minimum Gasteiger partial charge on any atom is -0.476 e. The molecule has 4 fully saturated rings. The average molecular weight is 884 g/mol. The first-order valence-corrected chi connectivity index (χ1v) is 24.0. The van der Waals surface area contributed by atoms with Crippen LogP contribution in [0.15, 0.2) is 65.1 Å². The third-order valence-corrected chi connectivity index (χ3v) is 15.1. The lowest BCUT2D eigenvalue weighted by Crippen LogP contribution is -2.51. The molecule has 342 valence electrons. The van der Waals surface area contributed by atoms with Crippen molar-refractivity contribution < 1.29 is 29.3 Å². The number of nitrogens with one attached hydrogen (secondary N) is 1. The highest BCUT2D eigenvalue weighted by molar-refractivity contribution is 7.11. The number of amides is 3. The summed E-state index contributed by atoms with van der Waals surface area (Å²) < 4.78 is 5.60. The van der Waals surface area contributed by atoms with Gasteiger partial charge in [0.15, 0.2) is 5.01 Å². The Morgan fingerprint density at radius 3 is 1.52 bits per heavy atom. The Hall–Kier alpha value is -4.85. The molecule has 8 rings (SSSR count). The summed E-state index contributed by atoms with van der Waals surface area (Å²) in [4.78, 5) is 51.5. The molecule has 1 aromatic heterocycles. The maximum absolute atomic E-state index is 12.3. The van der Waals surface area contributed by atoms with Crippen LogP contribution < -0.4 is 15.1 Å². The normalized spacial score (nSPS) is 23.9. The molecule has 4 atom stereocenters. The standard InChI is InChI=1S/C25H34N4O3S.C24H35N3O3/c1-25(2,3)21-16-18(17-8-12-28(13-9-17)24(31)32)10-14-29(21)20-6-4-19(5-7-20)27-22(30)23-26-11-15-33-23;1-24(2,3)21-16-19(17-8-12-26(13-9-17)23(28)29)10-14-27(21)20-6-4-18(5-7-20)22-25-11-15-30-22/h4-7,11,15,17-18,21H,8-10,12-14,16H2,1-3H3,(H,27,30)(H,31,32);4-7,17,19,21H,8-16H2,1-3H3,(H,28,29). The van der Waals surface area contributed by atoms with E-state index in [1.54, 1.807) is 21.4 Å². The number of carboxylic acid groups (broad SMARTS) is 2. The second kappa shape index (κ2) is 19.9. The summed E-state index contributed by atoms with van der Waals surface area (Å²) in [5.41, 5.74) is 4.59. The topological polar surface area (TPSA) is 151 Å². The highest BCUT2D eigenvalue weighted by Gasteiger charge is 2.41. The van der Waals surface area contributed by atoms with Crippen molar-refractivity contribution in [3.05, 3.63) is 70.7 Å². The Bertz CT molecular complexity index is 2010. The smallest absolute Gasteiger partial charge is 0.407 e. The van der Waals surface area contributed by atoms with Crippen LogP contribution in [0.4, 0.5) is 26.7 Å². The Labute approximate surface area is 377 Å². The molecule has 3 N–H and O–H groups in total. The predicted molar refractivity (Wildman–Crippen MR) is 252 cm³/mol. The number of aliphatic imine (C=N–C) groups is 1. The summed E-state index contributed by atoms with van der Waals surface area (Å²) in [6.07, 6.45) is 8.65. The Balaban J connectivity index is 0.000000190. The lowest BCUT2D eigenvalue weighted by Gasteiger charge is -2.49. The molecule has 63 heavy (non-hydrogen) atoms. The zero-order valence-corrected chi connectivity index (χ0v) is 39.0. The average Bonchev–Trinajstić information content (AvgIpc) is 4.03. The number of nitrogens with zero attached hydrogens (tertiary/aromatic N) is 6. The SMILES string of the molecule is CC(C)(C)C1CC(C2CCN(C(=O)O)CC2)CCN1c1ccc(C2=NCCO2)cc1.CC(C)(C)C1CC(C2CCN(C(=O)O)CC2)CCN1c1ccc(NC(=O)c2nccs2)cc1. The largest absolute Gasteiger partial charge is 0.476 e. The highest BCUT2D eigenvalue weighted by atomic mass is 32.1. The fourth-order valence-electron chi connectivity index (χ4n) is 10.8. The van der Waals surface area contributed by atoms with Crippen molar-refractivity contribution in [1.82, 2.24) is 14.8 Å². The van der Waals surface area contributed by atoms with Crippen molar-refractivity contribution in [3.8, 4) is 0 Å². The molecule has 2 aromatic carbocycles. The van der Waals surface area contributed by atoms with Gasteiger partial charge < -0.3 is 39.9 Å². The van der Waals surface area contributed by atoms with E-state index in [1.165, 1.54) is 35.6 Å². The Kier molecular flexibility index (Phi) is 14.6. The fraction of sp³-hybridized carbons (Fsp3) is 0.612. The molecule has 3 amide bonds. The number of thiazole rings is 1. The van der Waals surface area contributed by atoms with Gasteiger partial charge in [-0.1, -0.05) is 41.5 Å². The summed E-state index contributed by atoms with van der Waals surface area (Å²) in [6.45, 7) is 20.1. The number of carbonyl (C=O) groups is 3. The van der Waals surface area contributed by atoms with Gasteiger partial charge in [-0.3, -0.25) is 4.79 Å². The van der Waals surface area contributed by atoms with Crippen molar-refractivity contribution in [1.29, 1.82) is 0 Å². The van der Waals surface area contributed by atoms with Gasteiger partial charge in [0.05, 0.1) is 6.54 Å².